The van der Waals surface area contributed by atoms with Crippen LogP contribution in [0.25, 0.3) is 0 Å². The molecule has 3 aromatic rings. The molecule has 2 nitrogen and oxygen atoms in total. The van der Waals surface area contributed by atoms with E-state index in [1.807, 2.05) is 12.1 Å². The highest BCUT2D eigenvalue weighted by Gasteiger charge is 2.18. The predicted molar refractivity (Wildman–Crippen MR) is 126 cm³/mol. The Balaban J connectivity index is 1.80. The molecule has 3 rings (SSSR count). The molecule has 1 aromatic heterocycles. The molecule has 0 aliphatic carbocycles. The van der Waals surface area contributed by atoms with Crippen LogP contribution in [0.4, 0.5) is 0 Å². The number of benzene rings is 2. The smallest absolute Gasteiger partial charge is 0.137 e. The minimum Gasteiger partial charge on any atom is -0.489 e. The van der Waals surface area contributed by atoms with Crippen molar-refractivity contribution in [3.63, 3.8) is 0 Å². The minimum atomic E-state index is 0.0563. The Kier molecular flexibility index (Phi) is 8.51. The van der Waals surface area contributed by atoms with Crippen LogP contribution < -0.4 is 9.47 Å². The molecular weight excluding hydrogens is 396 g/mol. The first-order valence-electron chi connectivity index (χ1n) is 10.3. The van der Waals surface area contributed by atoms with Gasteiger partial charge in [-0.05, 0) is 71.7 Å². The molecule has 1 atom stereocenters. The second-order valence-electron chi connectivity index (χ2n) is 7.19. The lowest BCUT2D eigenvalue weighted by atomic mass is 9.98. The molecule has 0 saturated heterocycles. The molecular formula is C25H30O2S2. The minimum absolute atomic E-state index is 0.0563. The lowest BCUT2D eigenvalue weighted by Gasteiger charge is -2.23. The zero-order valence-electron chi connectivity index (χ0n) is 17.5. The summed E-state index contributed by atoms with van der Waals surface area (Å²) >= 11 is 3.40. The number of thioether (sulfide) groups is 1. The summed E-state index contributed by atoms with van der Waals surface area (Å²) in [6.45, 7) is 4.99. The summed E-state index contributed by atoms with van der Waals surface area (Å²) in [4.78, 5) is 1.14. The summed E-state index contributed by atoms with van der Waals surface area (Å²) in [5.41, 5.74) is 3.76. The highest BCUT2D eigenvalue weighted by atomic mass is 32.2. The van der Waals surface area contributed by atoms with Crippen LogP contribution >= 0.6 is 23.1 Å². The molecule has 0 saturated carbocycles. The number of thiophene rings is 1. The maximum Gasteiger partial charge on any atom is 0.137 e. The van der Waals surface area contributed by atoms with Crippen molar-refractivity contribution < 1.29 is 9.47 Å². The van der Waals surface area contributed by atoms with Gasteiger partial charge in [-0.15, -0.1) is 11.8 Å². The van der Waals surface area contributed by atoms with E-state index in [4.69, 9.17) is 9.47 Å². The highest BCUT2D eigenvalue weighted by Crippen LogP contribution is 2.37. The summed E-state index contributed by atoms with van der Waals surface area (Å²) in [5, 5.41) is 4.20. The Morgan fingerprint density at radius 1 is 1.07 bits per heavy atom. The van der Waals surface area contributed by atoms with Crippen molar-refractivity contribution in [1.82, 2.24) is 0 Å². The number of rotatable bonds is 11. The first-order chi connectivity index (χ1) is 14.2. The van der Waals surface area contributed by atoms with E-state index in [1.165, 1.54) is 36.0 Å². The Hall–Kier alpha value is -1.91. The van der Waals surface area contributed by atoms with E-state index in [9.17, 15) is 0 Å². The third-order valence-electron chi connectivity index (χ3n) is 5.00. The zero-order chi connectivity index (χ0) is 20.5. The summed E-state index contributed by atoms with van der Waals surface area (Å²) in [6.07, 6.45) is 6.77. The van der Waals surface area contributed by atoms with Gasteiger partial charge in [0.25, 0.3) is 0 Å². The summed E-state index contributed by atoms with van der Waals surface area (Å²) in [6, 6.07) is 16.8. The van der Waals surface area contributed by atoms with E-state index in [1.54, 1.807) is 23.1 Å². The quantitative estimate of drug-likeness (QED) is 0.228. The molecule has 0 spiro atoms. The summed E-state index contributed by atoms with van der Waals surface area (Å²) in [5.74, 6) is 1.76. The third kappa shape index (κ3) is 6.28. The third-order valence-corrected chi connectivity index (χ3v) is 6.50. The topological polar surface area (TPSA) is 18.5 Å². The van der Waals surface area contributed by atoms with E-state index in [0.29, 0.717) is 6.61 Å². The van der Waals surface area contributed by atoms with Gasteiger partial charge < -0.3 is 9.47 Å². The van der Waals surface area contributed by atoms with Crippen LogP contribution in [-0.2, 0) is 6.61 Å². The van der Waals surface area contributed by atoms with E-state index < -0.39 is 0 Å². The van der Waals surface area contributed by atoms with E-state index >= 15 is 0 Å². The fourth-order valence-electron chi connectivity index (χ4n) is 3.34. The number of ether oxygens (including phenoxy) is 2. The van der Waals surface area contributed by atoms with Gasteiger partial charge in [0.05, 0.1) is 0 Å². The van der Waals surface area contributed by atoms with Crippen molar-refractivity contribution in [2.75, 3.05) is 6.26 Å². The van der Waals surface area contributed by atoms with Crippen LogP contribution in [0.3, 0.4) is 0 Å². The molecule has 154 valence electrons. The van der Waals surface area contributed by atoms with Crippen molar-refractivity contribution >= 4 is 23.1 Å². The van der Waals surface area contributed by atoms with Gasteiger partial charge in [-0.2, -0.15) is 11.3 Å². The zero-order valence-corrected chi connectivity index (χ0v) is 19.2. The molecule has 0 aliphatic rings. The fraction of sp³-hybridized carbons (Fsp3) is 0.360. The van der Waals surface area contributed by atoms with Crippen molar-refractivity contribution in [1.29, 1.82) is 0 Å². The SMILES string of the molecule is CCCCCC(Oc1cc(OCc2ccsc2)ccc1SC)c1ccccc1C. The standard InChI is InChI=1S/C25H30O2S2/c1-4-5-6-11-23(22-10-8-7-9-19(22)2)27-24-16-21(12-13-25(24)28-3)26-17-20-14-15-29-18-20/h7-10,12-16,18,23H,4-6,11,17H2,1-3H3. The summed E-state index contributed by atoms with van der Waals surface area (Å²) in [7, 11) is 0. The molecule has 1 heterocycles. The van der Waals surface area contributed by atoms with Crippen LogP contribution in [0.2, 0.25) is 0 Å². The normalized spacial score (nSPS) is 12.0. The van der Waals surface area contributed by atoms with E-state index in [0.717, 1.165) is 22.8 Å². The maximum atomic E-state index is 6.63. The van der Waals surface area contributed by atoms with Crippen LogP contribution in [0.1, 0.15) is 55.4 Å². The van der Waals surface area contributed by atoms with E-state index in [2.05, 4.69) is 67.3 Å². The number of aryl methyl sites for hydroxylation is 1. The lowest BCUT2D eigenvalue weighted by Crippen LogP contribution is -2.10. The molecule has 0 amide bonds. The van der Waals surface area contributed by atoms with Gasteiger partial charge in [0, 0.05) is 11.0 Å². The van der Waals surface area contributed by atoms with Gasteiger partial charge in [-0.25, -0.2) is 0 Å². The van der Waals surface area contributed by atoms with Gasteiger partial charge in [0.2, 0.25) is 0 Å². The van der Waals surface area contributed by atoms with Crippen LogP contribution in [-0.4, -0.2) is 6.26 Å². The molecule has 0 N–H and O–H groups in total. The van der Waals surface area contributed by atoms with Crippen molar-refractivity contribution in [2.45, 2.75) is 57.1 Å². The first-order valence-corrected chi connectivity index (χ1v) is 12.4. The second kappa shape index (κ2) is 11.3. The van der Waals surface area contributed by atoms with E-state index in [-0.39, 0.29) is 6.10 Å². The predicted octanol–water partition coefficient (Wildman–Crippen LogP) is 8.06. The van der Waals surface area contributed by atoms with Gasteiger partial charge in [0.1, 0.15) is 24.2 Å². The number of hydrogen-bond acceptors (Lipinski definition) is 4. The first kappa shape index (κ1) is 21.8. The monoisotopic (exact) mass is 426 g/mol. The Morgan fingerprint density at radius 2 is 1.93 bits per heavy atom. The molecule has 29 heavy (non-hydrogen) atoms. The van der Waals surface area contributed by atoms with Crippen molar-refractivity contribution in [2.24, 2.45) is 0 Å². The van der Waals surface area contributed by atoms with Crippen LogP contribution in [0.5, 0.6) is 11.5 Å². The van der Waals surface area contributed by atoms with Gasteiger partial charge >= 0.3 is 0 Å². The average Bonchev–Trinajstić information content (AvgIpc) is 3.26. The molecule has 1 unspecified atom stereocenters. The second-order valence-corrected chi connectivity index (χ2v) is 8.82. The maximum absolute atomic E-state index is 6.63. The van der Waals surface area contributed by atoms with Gasteiger partial charge in [-0.3, -0.25) is 0 Å². The van der Waals surface area contributed by atoms with Gasteiger partial charge in [-0.1, -0.05) is 44.0 Å². The molecule has 0 fully saturated rings. The van der Waals surface area contributed by atoms with Crippen molar-refractivity contribution in [3.05, 3.63) is 76.0 Å². The largest absolute Gasteiger partial charge is 0.489 e. The van der Waals surface area contributed by atoms with Crippen molar-refractivity contribution in [3.8, 4) is 11.5 Å². The lowest BCUT2D eigenvalue weighted by molar-refractivity contribution is 0.184. The fourth-order valence-corrected chi connectivity index (χ4v) is 4.50. The number of unbranched alkanes of at least 4 members (excludes halogenated alkanes) is 2. The Labute approximate surface area is 183 Å². The number of hydrogen-bond donors (Lipinski definition) is 0. The average molecular weight is 427 g/mol. The van der Waals surface area contributed by atoms with Crippen LogP contribution in [0, 0.1) is 6.92 Å². The molecule has 0 bridgehead atoms. The molecule has 4 heteroatoms. The Bertz CT molecular complexity index is 874. The highest BCUT2D eigenvalue weighted by molar-refractivity contribution is 7.98. The molecule has 2 aromatic carbocycles. The van der Waals surface area contributed by atoms with Crippen LogP contribution in [0.15, 0.2) is 64.2 Å². The Morgan fingerprint density at radius 3 is 2.66 bits per heavy atom. The molecule has 0 aliphatic heterocycles. The molecule has 0 radical (unpaired) electrons. The summed E-state index contributed by atoms with van der Waals surface area (Å²) < 4.78 is 12.6. The van der Waals surface area contributed by atoms with Gasteiger partial charge in [0.15, 0.2) is 0 Å².